The van der Waals surface area contributed by atoms with Crippen molar-refractivity contribution >= 4 is 17.6 Å². The SMILES string of the molecule is CN1C(=O)C(C)(C)[C@@](C)(c2cc(CC(=O)CC3CC3)ccc2F)N=C1N. The van der Waals surface area contributed by atoms with Crippen molar-refractivity contribution in [1.82, 2.24) is 4.90 Å². The molecule has 140 valence electrons. The summed E-state index contributed by atoms with van der Waals surface area (Å²) in [6.45, 7) is 5.21. The van der Waals surface area contributed by atoms with Crippen LogP contribution in [0.3, 0.4) is 0 Å². The van der Waals surface area contributed by atoms with Crippen LogP contribution in [0.5, 0.6) is 0 Å². The number of hydrogen-bond donors (Lipinski definition) is 1. The molecule has 0 saturated heterocycles. The molecular weight excluding hydrogens is 333 g/mol. The van der Waals surface area contributed by atoms with Crippen LogP contribution in [0.25, 0.3) is 0 Å². The van der Waals surface area contributed by atoms with E-state index in [9.17, 15) is 14.0 Å². The summed E-state index contributed by atoms with van der Waals surface area (Å²) in [5.74, 6) is 0.0770. The Morgan fingerprint density at radius 3 is 2.62 bits per heavy atom. The van der Waals surface area contributed by atoms with Crippen LogP contribution in [0, 0.1) is 17.2 Å². The molecule has 1 heterocycles. The van der Waals surface area contributed by atoms with E-state index in [0.717, 1.165) is 18.4 Å². The first-order valence-electron chi connectivity index (χ1n) is 9.00. The van der Waals surface area contributed by atoms with Gasteiger partial charge in [-0.25, -0.2) is 9.38 Å². The topological polar surface area (TPSA) is 75.8 Å². The van der Waals surface area contributed by atoms with E-state index in [4.69, 9.17) is 5.73 Å². The van der Waals surface area contributed by atoms with Crippen molar-refractivity contribution in [2.24, 2.45) is 22.1 Å². The van der Waals surface area contributed by atoms with Crippen molar-refractivity contribution in [1.29, 1.82) is 0 Å². The zero-order valence-corrected chi connectivity index (χ0v) is 15.8. The van der Waals surface area contributed by atoms with Gasteiger partial charge in [0.2, 0.25) is 5.91 Å². The second kappa shape index (κ2) is 6.18. The third kappa shape index (κ3) is 3.02. The Morgan fingerprint density at radius 1 is 1.35 bits per heavy atom. The fourth-order valence-electron chi connectivity index (χ4n) is 3.57. The Labute approximate surface area is 153 Å². The first-order valence-corrected chi connectivity index (χ1v) is 9.00. The Bertz CT molecular complexity index is 798. The minimum Gasteiger partial charge on any atom is -0.369 e. The van der Waals surface area contributed by atoms with Crippen LogP contribution in [0.1, 0.15) is 51.2 Å². The molecule has 1 amide bonds. The van der Waals surface area contributed by atoms with Crippen molar-refractivity contribution in [3.05, 3.63) is 35.1 Å². The highest BCUT2D eigenvalue weighted by molar-refractivity contribution is 6.01. The zero-order valence-electron chi connectivity index (χ0n) is 15.8. The molecular formula is C20H26FN3O2. The Balaban J connectivity index is 2.00. The van der Waals surface area contributed by atoms with E-state index in [1.54, 1.807) is 40.0 Å². The smallest absolute Gasteiger partial charge is 0.237 e. The molecule has 1 atom stereocenters. The van der Waals surface area contributed by atoms with Gasteiger partial charge >= 0.3 is 0 Å². The van der Waals surface area contributed by atoms with Crippen LogP contribution < -0.4 is 5.73 Å². The van der Waals surface area contributed by atoms with Gasteiger partial charge in [-0.3, -0.25) is 14.5 Å². The second-order valence-electron chi connectivity index (χ2n) is 8.21. The maximum atomic E-state index is 14.7. The van der Waals surface area contributed by atoms with Gasteiger partial charge in [-0.05, 0) is 57.2 Å². The average Bonchev–Trinajstić information content (AvgIpc) is 3.37. The molecule has 3 rings (SSSR count). The fourth-order valence-corrected chi connectivity index (χ4v) is 3.57. The number of hydrogen-bond acceptors (Lipinski definition) is 4. The lowest BCUT2D eigenvalue weighted by Crippen LogP contribution is -2.58. The molecule has 0 bridgehead atoms. The lowest BCUT2D eigenvalue weighted by atomic mass is 9.67. The molecule has 0 aromatic heterocycles. The van der Waals surface area contributed by atoms with E-state index >= 15 is 0 Å². The molecule has 6 heteroatoms. The molecule has 1 aromatic rings. The number of guanidine groups is 1. The van der Waals surface area contributed by atoms with Crippen LogP contribution in [-0.4, -0.2) is 29.6 Å². The Morgan fingerprint density at radius 2 is 2.00 bits per heavy atom. The van der Waals surface area contributed by atoms with Crippen LogP contribution in [0.15, 0.2) is 23.2 Å². The van der Waals surface area contributed by atoms with Crippen LogP contribution >= 0.6 is 0 Å². The highest BCUT2D eigenvalue weighted by Gasteiger charge is 2.53. The quantitative estimate of drug-likeness (QED) is 0.878. The van der Waals surface area contributed by atoms with Crippen molar-refractivity contribution in [2.75, 3.05) is 7.05 Å². The molecule has 1 aromatic carbocycles. The number of rotatable bonds is 5. The number of nitrogens with zero attached hydrogens (tertiary/aromatic N) is 2. The number of carbonyl (C=O) groups is 2. The highest BCUT2D eigenvalue weighted by Crippen LogP contribution is 2.47. The summed E-state index contributed by atoms with van der Waals surface area (Å²) in [7, 11) is 1.56. The van der Waals surface area contributed by atoms with Gasteiger partial charge in [0.05, 0.1) is 5.41 Å². The number of Topliss-reactive ketones (excluding diaryl/α,β-unsaturated/α-hetero) is 1. The van der Waals surface area contributed by atoms with Gasteiger partial charge in [0.15, 0.2) is 5.96 Å². The Kier molecular flexibility index (Phi) is 4.41. The normalized spacial score (nSPS) is 25.2. The van der Waals surface area contributed by atoms with Crippen LogP contribution in [-0.2, 0) is 21.5 Å². The zero-order chi connectivity index (χ0) is 19.3. The minimum atomic E-state index is -1.15. The number of aliphatic imine (C=N–C) groups is 1. The molecule has 1 fully saturated rings. The molecule has 0 unspecified atom stereocenters. The lowest BCUT2D eigenvalue weighted by molar-refractivity contribution is -0.140. The van der Waals surface area contributed by atoms with Gasteiger partial charge in [-0.1, -0.05) is 6.07 Å². The highest BCUT2D eigenvalue weighted by atomic mass is 19.1. The molecule has 5 nitrogen and oxygen atoms in total. The molecule has 0 radical (unpaired) electrons. The third-order valence-corrected chi connectivity index (χ3v) is 5.91. The van der Waals surface area contributed by atoms with Crippen molar-refractivity contribution < 1.29 is 14.0 Å². The summed E-state index contributed by atoms with van der Waals surface area (Å²) < 4.78 is 14.7. The van der Waals surface area contributed by atoms with Crippen molar-refractivity contribution in [2.45, 2.75) is 52.0 Å². The summed E-state index contributed by atoms with van der Waals surface area (Å²) >= 11 is 0. The maximum Gasteiger partial charge on any atom is 0.237 e. The van der Waals surface area contributed by atoms with Gasteiger partial charge < -0.3 is 5.73 Å². The summed E-state index contributed by atoms with van der Waals surface area (Å²) in [6.07, 6.45) is 3.10. The molecule has 1 aliphatic carbocycles. The fraction of sp³-hybridized carbons (Fsp3) is 0.550. The average molecular weight is 359 g/mol. The number of ketones is 1. The van der Waals surface area contributed by atoms with Gasteiger partial charge in [0.1, 0.15) is 17.1 Å². The second-order valence-corrected chi connectivity index (χ2v) is 8.21. The number of nitrogens with two attached hydrogens (primary N) is 1. The lowest BCUT2D eigenvalue weighted by Gasteiger charge is -2.46. The summed E-state index contributed by atoms with van der Waals surface area (Å²) in [4.78, 5) is 30.7. The molecule has 1 saturated carbocycles. The van der Waals surface area contributed by atoms with E-state index in [1.807, 2.05) is 0 Å². The molecule has 26 heavy (non-hydrogen) atoms. The van der Waals surface area contributed by atoms with Gasteiger partial charge in [0, 0.05) is 25.5 Å². The minimum absolute atomic E-state index is 0.0615. The summed E-state index contributed by atoms with van der Waals surface area (Å²) in [6, 6.07) is 4.64. The van der Waals surface area contributed by atoms with Crippen molar-refractivity contribution in [3.8, 4) is 0 Å². The van der Waals surface area contributed by atoms with Crippen LogP contribution in [0.4, 0.5) is 4.39 Å². The number of amides is 1. The number of carbonyl (C=O) groups excluding carboxylic acids is 2. The van der Waals surface area contributed by atoms with Gasteiger partial charge in [-0.2, -0.15) is 0 Å². The predicted molar refractivity (Wildman–Crippen MR) is 98.0 cm³/mol. The van der Waals surface area contributed by atoms with E-state index in [1.165, 1.54) is 11.0 Å². The predicted octanol–water partition coefficient (Wildman–Crippen LogP) is 2.77. The third-order valence-electron chi connectivity index (χ3n) is 5.91. The molecule has 2 N–H and O–H groups in total. The van der Waals surface area contributed by atoms with E-state index in [0.29, 0.717) is 17.9 Å². The molecule has 1 aliphatic heterocycles. The first-order chi connectivity index (χ1) is 12.1. The van der Waals surface area contributed by atoms with Crippen molar-refractivity contribution in [3.63, 3.8) is 0 Å². The molecule has 0 spiro atoms. The Hall–Kier alpha value is -2.24. The standard InChI is InChI=1S/C20H26FN3O2/c1-19(2)17(26)24(4)18(22)23-20(19,3)15-11-13(7-8-16(15)21)10-14(25)9-12-5-6-12/h7-8,11-12H,5-6,9-10H2,1-4H3,(H2,22,23)/t20-/m1/s1. The summed E-state index contributed by atoms with van der Waals surface area (Å²) in [5, 5.41) is 0. The monoisotopic (exact) mass is 359 g/mol. The number of halogens is 1. The maximum absolute atomic E-state index is 14.7. The number of benzene rings is 1. The van der Waals surface area contributed by atoms with E-state index in [-0.39, 0.29) is 24.1 Å². The summed E-state index contributed by atoms with van der Waals surface area (Å²) in [5.41, 5.74) is 4.81. The van der Waals surface area contributed by atoms with Gasteiger partial charge in [0.25, 0.3) is 0 Å². The van der Waals surface area contributed by atoms with Crippen LogP contribution in [0.2, 0.25) is 0 Å². The largest absolute Gasteiger partial charge is 0.369 e. The molecule has 2 aliphatic rings. The first kappa shape index (κ1) is 18.5. The van der Waals surface area contributed by atoms with E-state index < -0.39 is 16.8 Å². The van der Waals surface area contributed by atoms with E-state index in [2.05, 4.69) is 4.99 Å². The van der Waals surface area contributed by atoms with Gasteiger partial charge in [-0.15, -0.1) is 0 Å².